The maximum absolute atomic E-state index is 10.5. The van der Waals surface area contributed by atoms with Crippen molar-refractivity contribution in [3.63, 3.8) is 0 Å². The van der Waals surface area contributed by atoms with E-state index in [1.807, 2.05) is 0 Å². The van der Waals surface area contributed by atoms with E-state index in [0.717, 1.165) is 0 Å². The first-order valence-corrected chi connectivity index (χ1v) is 6.84. The summed E-state index contributed by atoms with van der Waals surface area (Å²) in [4.78, 5) is 10.5. The van der Waals surface area contributed by atoms with Gasteiger partial charge < -0.3 is 55.1 Å². The molecule has 0 aromatic rings. The van der Waals surface area contributed by atoms with Gasteiger partial charge in [0.05, 0.1) is 13.2 Å². The smallest absolute Gasteiger partial charge is 0.187 e. The van der Waals surface area contributed by atoms with Crippen LogP contribution in [-0.2, 0) is 14.3 Å². The summed E-state index contributed by atoms with van der Waals surface area (Å²) >= 11 is 0. The predicted octanol–water partition coefficient (Wildman–Crippen LogP) is -5.55. The molecule has 11 nitrogen and oxygen atoms in total. The second kappa shape index (κ2) is 8.94. The Morgan fingerprint density at radius 2 is 1.65 bits per heavy atom. The number of hydrogen-bond donors (Lipinski definition) is 8. The van der Waals surface area contributed by atoms with Gasteiger partial charge in [-0.3, -0.25) is 0 Å². The number of rotatable bonds is 8. The van der Waals surface area contributed by atoms with E-state index in [0.29, 0.717) is 0 Å². The molecule has 0 aliphatic carbocycles. The van der Waals surface area contributed by atoms with Crippen molar-refractivity contribution in [1.29, 1.82) is 0 Å². The van der Waals surface area contributed by atoms with Crippen LogP contribution in [0.3, 0.4) is 0 Å². The Balaban J connectivity index is 2.91. The van der Waals surface area contributed by atoms with Crippen molar-refractivity contribution < 1.29 is 55.1 Å². The molecule has 11 heteroatoms. The van der Waals surface area contributed by atoms with Gasteiger partial charge in [-0.25, -0.2) is 0 Å². The third-order valence-corrected chi connectivity index (χ3v) is 3.53. The summed E-state index contributed by atoms with van der Waals surface area (Å²) < 4.78 is 10.1. The highest BCUT2D eigenvalue weighted by atomic mass is 16.7. The predicted molar refractivity (Wildman–Crippen MR) is 69.8 cm³/mol. The van der Waals surface area contributed by atoms with Crippen LogP contribution in [0.5, 0.6) is 0 Å². The monoisotopic (exact) mass is 342 g/mol. The molecule has 1 rings (SSSR count). The quantitative estimate of drug-likeness (QED) is 0.196. The van der Waals surface area contributed by atoms with E-state index in [-0.39, 0.29) is 6.29 Å². The first-order chi connectivity index (χ1) is 10.8. The fourth-order valence-corrected chi connectivity index (χ4v) is 2.11. The van der Waals surface area contributed by atoms with Gasteiger partial charge in [-0.1, -0.05) is 0 Å². The number of ether oxygens (including phenoxy) is 2. The first kappa shape index (κ1) is 20.3. The average Bonchev–Trinajstić information content (AvgIpc) is 2.57. The van der Waals surface area contributed by atoms with Crippen LogP contribution in [0.2, 0.25) is 0 Å². The van der Waals surface area contributed by atoms with Crippen LogP contribution in [0.15, 0.2) is 0 Å². The fourth-order valence-electron chi connectivity index (χ4n) is 2.11. The second-order valence-electron chi connectivity index (χ2n) is 5.17. The summed E-state index contributed by atoms with van der Waals surface area (Å²) in [5.74, 6) is 0. The molecule has 1 heterocycles. The van der Waals surface area contributed by atoms with Crippen LogP contribution < -0.4 is 0 Å². The summed E-state index contributed by atoms with van der Waals surface area (Å²) in [7, 11) is 0. The van der Waals surface area contributed by atoms with Crippen LogP contribution >= 0.6 is 0 Å². The number of aliphatic hydroxyl groups excluding tert-OH is 8. The Hall–Kier alpha value is -0.730. The number of aldehydes is 1. The average molecular weight is 342 g/mol. The van der Waals surface area contributed by atoms with Crippen molar-refractivity contribution >= 4 is 6.29 Å². The highest BCUT2D eigenvalue weighted by Gasteiger charge is 2.46. The number of carbonyl (C=O) groups is 1. The molecule has 0 radical (unpaired) electrons. The Morgan fingerprint density at radius 3 is 2.13 bits per heavy atom. The van der Waals surface area contributed by atoms with Crippen molar-refractivity contribution in [2.24, 2.45) is 0 Å². The Morgan fingerprint density at radius 1 is 1.04 bits per heavy atom. The van der Waals surface area contributed by atoms with Gasteiger partial charge in [-0.15, -0.1) is 0 Å². The van der Waals surface area contributed by atoms with E-state index in [2.05, 4.69) is 0 Å². The minimum Gasteiger partial charge on any atom is -0.394 e. The van der Waals surface area contributed by atoms with Gasteiger partial charge in [-0.05, 0) is 0 Å². The van der Waals surface area contributed by atoms with E-state index in [9.17, 15) is 35.4 Å². The van der Waals surface area contributed by atoms with Crippen LogP contribution in [0.1, 0.15) is 0 Å². The molecule has 1 aliphatic heterocycles. The molecule has 9 atom stereocenters. The van der Waals surface area contributed by atoms with Crippen molar-refractivity contribution in [3.05, 3.63) is 0 Å². The molecule has 1 fully saturated rings. The SMILES string of the molecule is O=CC(O)C(O)C(OC1O[C@H](CO)[C@@H](O)[C@H](O)[C@H]1O)C(O)CO. The minimum atomic E-state index is -1.97. The summed E-state index contributed by atoms with van der Waals surface area (Å²) in [6.45, 7) is -1.64. The zero-order chi connectivity index (χ0) is 17.7. The molecule has 0 spiro atoms. The fraction of sp³-hybridized carbons (Fsp3) is 0.917. The van der Waals surface area contributed by atoms with Gasteiger partial charge in [-0.2, -0.15) is 0 Å². The van der Waals surface area contributed by atoms with Crippen LogP contribution in [0.4, 0.5) is 0 Å². The number of hydrogen-bond acceptors (Lipinski definition) is 11. The first-order valence-electron chi connectivity index (χ1n) is 6.84. The highest BCUT2D eigenvalue weighted by molar-refractivity contribution is 5.56. The maximum Gasteiger partial charge on any atom is 0.187 e. The lowest BCUT2D eigenvalue weighted by molar-refractivity contribution is -0.326. The van der Waals surface area contributed by atoms with Crippen LogP contribution in [0, 0.1) is 0 Å². The maximum atomic E-state index is 10.5. The summed E-state index contributed by atoms with van der Waals surface area (Å²) in [6, 6.07) is 0. The number of carbonyl (C=O) groups excluding carboxylic acids is 1. The van der Waals surface area contributed by atoms with Gasteiger partial charge in [0.25, 0.3) is 0 Å². The summed E-state index contributed by atoms with van der Waals surface area (Å²) in [5.41, 5.74) is 0. The summed E-state index contributed by atoms with van der Waals surface area (Å²) in [5, 5.41) is 75.7. The highest BCUT2D eigenvalue weighted by Crippen LogP contribution is 2.24. The van der Waals surface area contributed by atoms with Crippen molar-refractivity contribution in [3.8, 4) is 0 Å². The normalized spacial score (nSPS) is 37.0. The number of aliphatic hydroxyl groups is 8. The molecule has 136 valence electrons. The lowest BCUT2D eigenvalue weighted by Crippen LogP contribution is -2.61. The summed E-state index contributed by atoms with van der Waals surface area (Å²) in [6.07, 6.45) is -15.7. The Labute approximate surface area is 130 Å². The van der Waals surface area contributed by atoms with Crippen molar-refractivity contribution in [2.75, 3.05) is 13.2 Å². The van der Waals surface area contributed by atoms with E-state index >= 15 is 0 Å². The topological polar surface area (TPSA) is 197 Å². The van der Waals surface area contributed by atoms with Crippen LogP contribution in [-0.4, -0.2) is 115 Å². The molecule has 5 unspecified atom stereocenters. The van der Waals surface area contributed by atoms with Crippen molar-refractivity contribution in [1.82, 2.24) is 0 Å². The van der Waals surface area contributed by atoms with E-state index < -0.39 is 68.3 Å². The van der Waals surface area contributed by atoms with Gasteiger partial charge >= 0.3 is 0 Å². The Bertz CT molecular complexity index is 365. The molecule has 0 saturated carbocycles. The minimum absolute atomic E-state index is 0.0294. The largest absolute Gasteiger partial charge is 0.394 e. The van der Waals surface area contributed by atoms with E-state index in [1.165, 1.54) is 0 Å². The van der Waals surface area contributed by atoms with E-state index in [4.69, 9.17) is 19.7 Å². The molecular formula is C12H22O11. The molecule has 1 aliphatic rings. The third kappa shape index (κ3) is 4.64. The Kier molecular flexibility index (Phi) is 7.89. The lowest BCUT2D eigenvalue weighted by atomic mass is 9.98. The lowest BCUT2D eigenvalue weighted by Gasteiger charge is -2.42. The zero-order valence-electron chi connectivity index (χ0n) is 12.0. The molecule has 8 N–H and O–H groups in total. The molecule has 0 amide bonds. The molecule has 0 bridgehead atoms. The van der Waals surface area contributed by atoms with Crippen molar-refractivity contribution in [2.45, 2.75) is 55.1 Å². The zero-order valence-corrected chi connectivity index (χ0v) is 12.0. The van der Waals surface area contributed by atoms with Gasteiger partial charge in [0.1, 0.15) is 48.8 Å². The molecule has 0 aromatic carbocycles. The van der Waals surface area contributed by atoms with Gasteiger partial charge in [0.15, 0.2) is 12.6 Å². The molecule has 23 heavy (non-hydrogen) atoms. The van der Waals surface area contributed by atoms with Gasteiger partial charge in [0.2, 0.25) is 0 Å². The van der Waals surface area contributed by atoms with Crippen LogP contribution in [0.25, 0.3) is 0 Å². The third-order valence-electron chi connectivity index (χ3n) is 3.53. The second-order valence-corrected chi connectivity index (χ2v) is 5.17. The van der Waals surface area contributed by atoms with Gasteiger partial charge in [0, 0.05) is 0 Å². The standard InChI is InChI=1S/C12H22O11/c13-1-4(16)7(18)11(5(17)2-14)23-12-10(21)9(20)8(19)6(3-15)22-12/h1,4-12,14-21H,2-3H2/t4?,5?,6-,7?,8-,9+,10-,11?,12?/m1/s1. The van der Waals surface area contributed by atoms with E-state index in [1.54, 1.807) is 0 Å². The molecule has 1 saturated heterocycles. The molecule has 0 aromatic heterocycles. The molecular weight excluding hydrogens is 320 g/mol.